The lowest BCUT2D eigenvalue weighted by atomic mass is 10.1. The van der Waals surface area contributed by atoms with Crippen LogP contribution in [0, 0.1) is 5.82 Å². The van der Waals surface area contributed by atoms with Gasteiger partial charge in [0.15, 0.2) is 0 Å². The third-order valence-electron chi connectivity index (χ3n) is 3.79. The summed E-state index contributed by atoms with van der Waals surface area (Å²) in [5, 5.41) is 8.44. The lowest BCUT2D eigenvalue weighted by molar-refractivity contribution is 0.628. The highest BCUT2D eigenvalue weighted by molar-refractivity contribution is 6.21. The minimum Gasteiger partial charge on any atom is -0.340 e. The molecule has 5 nitrogen and oxygen atoms in total. The van der Waals surface area contributed by atoms with Crippen LogP contribution >= 0.6 is 0 Å². The second-order valence-corrected chi connectivity index (χ2v) is 5.37. The minimum atomic E-state index is -0.316. The number of aromatic amines is 2. The molecule has 0 aliphatic carbocycles. The van der Waals surface area contributed by atoms with E-state index in [4.69, 9.17) is 0 Å². The average molecular weight is 320 g/mol. The highest BCUT2D eigenvalue weighted by Crippen LogP contribution is 2.32. The van der Waals surface area contributed by atoms with E-state index in [1.807, 2.05) is 24.3 Å². The number of benzene rings is 2. The summed E-state index contributed by atoms with van der Waals surface area (Å²) in [6.07, 6.45) is 3.51. The molecule has 3 N–H and O–H groups in total. The van der Waals surface area contributed by atoms with Gasteiger partial charge in [-0.25, -0.2) is 4.39 Å². The molecule has 3 aromatic rings. The Bertz CT molecular complexity index is 1010. The van der Waals surface area contributed by atoms with Gasteiger partial charge in [0.2, 0.25) is 0 Å². The molecule has 1 aromatic heterocycles. The van der Waals surface area contributed by atoms with Crippen molar-refractivity contribution in [2.24, 2.45) is 4.99 Å². The quantitative estimate of drug-likeness (QED) is 0.686. The van der Waals surface area contributed by atoms with Crippen LogP contribution in [0.3, 0.4) is 0 Å². The smallest absolute Gasteiger partial charge is 0.273 e. The summed E-state index contributed by atoms with van der Waals surface area (Å²) in [7, 11) is 0. The summed E-state index contributed by atoms with van der Waals surface area (Å²) in [6.45, 7) is 0. The second-order valence-electron chi connectivity index (χ2n) is 5.37. The number of aliphatic imine (C=N–C) groups is 1. The van der Waals surface area contributed by atoms with Crippen molar-refractivity contribution in [2.45, 2.75) is 0 Å². The van der Waals surface area contributed by atoms with Crippen molar-refractivity contribution in [1.82, 2.24) is 10.2 Å². The molecule has 0 spiro atoms. The fourth-order valence-electron chi connectivity index (χ4n) is 2.59. The normalized spacial score (nSPS) is 14.1. The van der Waals surface area contributed by atoms with Gasteiger partial charge in [-0.3, -0.25) is 20.0 Å². The Morgan fingerprint density at radius 3 is 2.67 bits per heavy atom. The lowest BCUT2D eigenvalue weighted by Gasteiger charge is -2.05. The van der Waals surface area contributed by atoms with E-state index in [0.29, 0.717) is 17.1 Å². The molecule has 0 radical (unpaired) electrons. The SMILES string of the molecule is O=c1[nH][nH]c(Nc2ccc(F)cc2)c1C=C1C=Nc2ccccc21. The molecule has 6 heteroatoms. The fraction of sp³-hybridized carbons (Fsp3) is 0. The van der Waals surface area contributed by atoms with E-state index >= 15 is 0 Å². The average Bonchev–Trinajstić information content (AvgIpc) is 3.16. The first-order chi connectivity index (χ1) is 11.7. The molecule has 0 amide bonds. The minimum absolute atomic E-state index is 0.245. The number of aromatic nitrogens is 2. The number of hydrogen-bond acceptors (Lipinski definition) is 3. The monoisotopic (exact) mass is 320 g/mol. The largest absolute Gasteiger partial charge is 0.340 e. The standard InChI is InChI=1S/C18H13FN4O/c19-12-5-7-13(8-6-12)21-17-15(18(24)23-22-17)9-11-10-20-16-4-2-1-3-14(11)16/h1-10H,(H3,21,22,23,24). The molecule has 0 unspecified atom stereocenters. The Balaban J connectivity index is 1.71. The fourth-order valence-corrected chi connectivity index (χ4v) is 2.59. The number of halogens is 1. The van der Waals surface area contributed by atoms with Gasteiger partial charge in [-0.1, -0.05) is 18.2 Å². The first-order valence-electron chi connectivity index (χ1n) is 7.39. The van der Waals surface area contributed by atoms with Crippen molar-refractivity contribution in [1.29, 1.82) is 0 Å². The Labute approximate surface area is 136 Å². The summed E-state index contributed by atoms with van der Waals surface area (Å²) in [4.78, 5) is 16.4. The van der Waals surface area contributed by atoms with Crippen LogP contribution in [0.15, 0.2) is 58.3 Å². The molecule has 2 aromatic carbocycles. The second kappa shape index (κ2) is 5.66. The highest BCUT2D eigenvalue weighted by atomic mass is 19.1. The molecule has 0 saturated carbocycles. The third kappa shape index (κ3) is 2.54. The highest BCUT2D eigenvalue weighted by Gasteiger charge is 2.14. The predicted molar refractivity (Wildman–Crippen MR) is 93.6 cm³/mol. The van der Waals surface area contributed by atoms with Gasteiger partial charge in [-0.15, -0.1) is 0 Å². The van der Waals surface area contributed by atoms with Crippen LogP contribution in [0.2, 0.25) is 0 Å². The van der Waals surface area contributed by atoms with E-state index in [2.05, 4.69) is 20.5 Å². The molecule has 0 atom stereocenters. The Morgan fingerprint density at radius 1 is 1.04 bits per heavy atom. The number of hydrogen-bond donors (Lipinski definition) is 3. The van der Waals surface area contributed by atoms with Crippen LogP contribution in [0.25, 0.3) is 11.6 Å². The maximum atomic E-state index is 13.0. The van der Waals surface area contributed by atoms with Gasteiger partial charge in [0.1, 0.15) is 11.6 Å². The molecule has 24 heavy (non-hydrogen) atoms. The number of para-hydroxylation sites is 1. The zero-order valence-corrected chi connectivity index (χ0v) is 12.5. The first kappa shape index (κ1) is 14.2. The van der Waals surface area contributed by atoms with Gasteiger partial charge in [0.25, 0.3) is 5.56 Å². The molecule has 1 aliphatic heterocycles. The molecular weight excluding hydrogens is 307 g/mol. The lowest BCUT2D eigenvalue weighted by Crippen LogP contribution is -2.03. The van der Waals surface area contributed by atoms with Gasteiger partial charge >= 0.3 is 0 Å². The number of H-pyrrole nitrogens is 2. The molecule has 2 heterocycles. The van der Waals surface area contributed by atoms with E-state index in [1.165, 1.54) is 12.1 Å². The van der Waals surface area contributed by atoms with Crippen LogP contribution in [-0.2, 0) is 0 Å². The van der Waals surface area contributed by atoms with Crippen molar-refractivity contribution in [3.05, 3.63) is 75.8 Å². The maximum absolute atomic E-state index is 13.0. The van der Waals surface area contributed by atoms with Crippen LogP contribution in [0.4, 0.5) is 21.6 Å². The Kier molecular flexibility index (Phi) is 3.35. The van der Waals surface area contributed by atoms with Gasteiger partial charge in [0.05, 0.1) is 11.3 Å². The van der Waals surface area contributed by atoms with Crippen LogP contribution in [0.5, 0.6) is 0 Å². The summed E-state index contributed by atoms with van der Waals surface area (Å²) >= 11 is 0. The molecule has 0 saturated heterocycles. The summed E-state index contributed by atoms with van der Waals surface area (Å²) in [5.74, 6) is 0.195. The number of nitrogens with zero attached hydrogens (tertiary/aromatic N) is 1. The third-order valence-corrected chi connectivity index (χ3v) is 3.79. The van der Waals surface area contributed by atoms with Gasteiger partial charge in [0, 0.05) is 23.0 Å². The number of fused-ring (bicyclic) bond motifs is 1. The van der Waals surface area contributed by atoms with E-state index in [-0.39, 0.29) is 11.4 Å². The zero-order valence-electron chi connectivity index (χ0n) is 12.5. The van der Waals surface area contributed by atoms with Gasteiger partial charge < -0.3 is 5.32 Å². The van der Waals surface area contributed by atoms with Crippen LogP contribution in [-0.4, -0.2) is 16.4 Å². The summed E-state index contributed by atoms with van der Waals surface area (Å²) < 4.78 is 13.0. The van der Waals surface area contributed by atoms with E-state index in [1.54, 1.807) is 24.4 Å². The van der Waals surface area contributed by atoms with Crippen molar-refractivity contribution in [2.75, 3.05) is 5.32 Å². The number of rotatable bonds is 3. The summed E-state index contributed by atoms with van der Waals surface area (Å²) in [5.41, 5.74) is 3.60. The summed E-state index contributed by atoms with van der Waals surface area (Å²) in [6, 6.07) is 13.6. The molecule has 1 aliphatic rings. The molecule has 4 rings (SSSR count). The van der Waals surface area contributed by atoms with Gasteiger partial charge in [-0.2, -0.15) is 0 Å². The van der Waals surface area contributed by atoms with Crippen molar-refractivity contribution < 1.29 is 4.39 Å². The van der Waals surface area contributed by atoms with E-state index in [0.717, 1.165) is 16.8 Å². The van der Waals surface area contributed by atoms with E-state index < -0.39 is 0 Å². The van der Waals surface area contributed by atoms with E-state index in [9.17, 15) is 9.18 Å². The van der Waals surface area contributed by atoms with Gasteiger partial charge in [-0.05, 0) is 36.4 Å². The van der Waals surface area contributed by atoms with Crippen LogP contribution in [0.1, 0.15) is 11.1 Å². The van der Waals surface area contributed by atoms with Crippen molar-refractivity contribution in [3.63, 3.8) is 0 Å². The van der Waals surface area contributed by atoms with Crippen LogP contribution < -0.4 is 10.9 Å². The molecule has 0 bridgehead atoms. The van der Waals surface area contributed by atoms with Crippen molar-refractivity contribution >= 4 is 35.1 Å². The molecule has 118 valence electrons. The topological polar surface area (TPSA) is 73.0 Å². The predicted octanol–water partition coefficient (Wildman–Crippen LogP) is 3.84. The number of nitrogens with one attached hydrogen (secondary N) is 3. The first-order valence-corrected chi connectivity index (χ1v) is 7.39. The maximum Gasteiger partial charge on any atom is 0.273 e. The zero-order chi connectivity index (χ0) is 16.5. The number of allylic oxidation sites excluding steroid dienone is 1. The molecular formula is C18H13FN4O. The van der Waals surface area contributed by atoms with Crippen molar-refractivity contribution in [3.8, 4) is 0 Å². The number of anilines is 2. The Morgan fingerprint density at radius 2 is 1.83 bits per heavy atom. The molecule has 0 fully saturated rings. The Hall–Kier alpha value is -3.41.